The first-order valence-corrected chi connectivity index (χ1v) is 10.0. The highest BCUT2D eigenvalue weighted by Gasteiger charge is 2.31. The molecule has 1 saturated heterocycles. The molecule has 2 heterocycles. The summed E-state index contributed by atoms with van der Waals surface area (Å²) in [6.45, 7) is 9.24. The molecule has 0 spiro atoms. The van der Waals surface area contributed by atoms with E-state index in [1.807, 2.05) is 18.7 Å². The van der Waals surface area contributed by atoms with E-state index in [-0.39, 0.29) is 29.9 Å². The number of aryl methyl sites for hydroxylation is 2. The molecule has 1 atom stereocenters. The van der Waals surface area contributed by atoms with Crippen LogP contribution in [0.4, 0.5) is 18.9 Å². The number of rotatable bonds is 4. The van der Waals surface area contributed by atoms with E-state index in [0.717, 1.165) is 29.0 Å². The number of halogens is 4. The van der Waals surface area contributed by atoms with Gasteiger partial charge in [-0.25, -0.2) is 0 Å². The Hall–Kier alpha value is -1.98. The molecule has 31 heavy (non-hydrogen) atoms. The Morgan fingerprint density at radius 2 is 1.90 bits per heavy atom. The normalized spacial score (nSPS) is 16.2. The number of benzene rings is 1. The minimum absolute atomic E-state index is 0. The van der Waals surface area contributed by atoms with Gasteiger partial charge < -0.3 is 19.6 Å². The molecular formula is C21H29F3IN5O. The monoisotopic (exact) mass is 551 g/mol. The lowest BCUT2D eigenvalue weighted by Crippen LogP contribution is -2.53. The van der Waals surface area contributed by atoms with Crippen LogP contribution in [0.5, 0.6) is 0 Å². The maximum Gasteiger partial charge on any atom is 0.416 e. The van der Waals surface area contributed by atoms with E-state index in [9.17, 15) is 13.2 Å². The Bertz CT molecular complexity index is 872. The summed E-state index contributed by atoms with van der Waals surface area (Å²) in [5, 5.41) is 7.42. The fourth-order valence-electron chi connectivity index (χ4n) is 3.93. The smallest absolute Gasteiger partial charge is 0.368 e. The van der Waals surface area contributed by atoms with Gasteiger partial charge in [0.25, 0.3) is 0 Å². The Morgan fingerprint density at radius 3 is 2.45 bits per heavy atom. The maximum atomic E-state index is 13.0. The number of hydrogen-bond donors (Lipinski definition) is 1. The Labute approximate surface area is 197 Å². The zero-order valence-corrected chi connectivity index (χ0v) is 20.5. The number of aromatic nitrogens is 1. The summed E-state index contributed by atoms with van der Waals surface area (Å²) in [6.07, 6.45) is -4.33. The van der Waals surface area contributed by atoms with Gasteiger partial charge in [-0.3, -0.25) is 4.99 Å². The molecule has 1 unspecified atom stereocenters. The van der Waals surface area contributed by atoms with Crippen molar-refractivity contribution in [2.75, 3.05) is 44.7 Å². The summed E-state index contributed by atoms with van der Waals surface area (Å²) >= 11 is 0. The molecule has 1 N–H and O–H groups in total. The predicted octanol–water partition coefficient (Wildman–Crippen LogP) is 4.43. The van der Waals surface area contributed by atoms with Gasteiger partial charge in [0.2, 0.25) is 0 Å². The van der Waals surface area contributed by atoms with Gasteiger partial charge in [0.15, 0.2) is 5.96 Å². The van der Waals surface area contributed by atoms with Crippen LogP contribution in [0.15, 0.2) is 33.8 Å². The first-order chi connectivity index (χ1) is 14.2. The van der Waals surface area contributed by atoms with E-state index in [4.69, 9.17) is 4.52 Å². The van der Waals surface area contributed by atoms with Crippen LogP contribution >= 0.6 is 24.0 Å². The van der Waals surface area contributed by atoms with Crippen LogP contribution in [-0.4, -0.2) is 55.8 Å². The predicted molar refractivity (Wildman–Crippen MR) is 126 cm³/mol. The van der Waals surface area contributed by atoms with Crippen molar-refractivity contribution >= 4 is 35.6 Å². The van der Waals surface area contributed by atoms with Crippen LogP contribution in [0.25, 0.3) is 0 Å². The van der Waals surface area contributed by atoms with Crippen LogP contribution in [0, 0.1) is 13.8 Å². The zero-order chi connectivity index (χ0) is 21.9. The second kappa shape index (κ2) is 10.6. The molecule has 0 bridgehead atoms. The summed E-state index contributed by atoms with van der Waals surface area (Å²) in [5.41, 5.74) is 1.98. The van der Waals surface area contributed by atoms with Crippen LogP contribution < -0.4 is 10.2 Å². The fraction of sp³-hybridized carbons (Fsp3) is 0.524. The van der Waals surface area contributed by atoms with E-state index in [1.165, 1.54) is 12.1 Å². The topological polar surface area (TPSA) is 56.9 Å². The molecular weight excluding hydrogens is 522 g/mol. The minimum Gasteiger partial charge on any atom is -0.368 e. The summed E-state index contributed by atoms with van der Waals surface area (Å²) in [6, 6.07) is 5.50. The van der Waals surface area contributed by atoms with Crippen LogP contribution in [0.2, 0.25) is 0 Å². The molecule has 6 nitrogen and oxygen atoms in total. The summed E-state index contributed by atoms with van der Waals surface area (Å²) in [4.78, 5) is 8.49. The highest BCUT2D eigenvalue weighted by Crippen LogP contribution is 2.32. The molecule has 1 aromatic heterocycles. The van der Waals surface area contributed by atoms with E-state index in [0.29, 0.717) is 38.4 Å². The number of piperazine rings is 1. The largest absolute Gasteiger partial charge is 0.416 e. The van der Waals surface area contributed by atoms with Crippen molar-refractivity contribution in [3.63, 3.8) is 0 Å². The number of nitrogens with zero attached hydrogens (tertiary/aromatic N) is 4. The van der Waals surface area contributed by atoms with Crippen molar-refractivity contribution in [3.05, 3.63) is 46.8 Å². The molecule has 1 aliphatic rings. The third-order valence-electron chi connectivity index (χ3n) is 5.48. The number of guanidine groups is 1. The van der Waals surface area contributed by atoms with Gasteiger partial charge in [-0.2, -0.15) is 13.2 Å². The van der Waals surface area contributed by atoms with Crippen molar-refractivity contribution in [1.29, 1.82) is 0 Å². The van der Waals surface area contributed by atoms with Crippen molar-refractivity contribution in [2.24, 2.45) is 4.99 Å². The van der Waals surface area contributed by atoms with Gasteiger partial charge in [0.05, 0.1) is 11.3 Å². The van der Waals surface area contributed by atoms with Gasteiger partial charge in [-0.15, -0.1) is 24.0 Å². The van der Waals surface area contributed by atoms with E-state index in [2.05, 4.69) is 27.3 Å². The second-order valence-electron chi connectivity index (χ2n) is 7.59. The average Bonchev–Trinajstić information content (AvgIpc) is 3.06. The highest BCUT2D eigenvalue weighted by atomic mass is 127. The van der Waals surface area contributed by atoms with E-state index in [1.54, 1.807) is 13.1 Å². The lowest BCUT2D eigenvalue weighted by Gasteiger charge is -2.38. The number of hydrogen-bond acceptors (Lipinski definition) is 4. The van der Waals surface area contributed by atoms with E-state index < -0.39 is 11.7 Å². The lowest BCUT2D eigenvalue weighted by molar-refractivity contribution is -0.137. The number of alkyl halides is 3. The third kappa shape index (κ3) is 6.05. The quantitative estimate of drug-likeness (QED) is 0.347. The average molecular weight is 551 g/mol. The minimum atomic E-state index is -4.33. The standard InChI is InChI=1S/C21H28F3N5O.HI/c1-14(19-15(2)27-30-16(19)3)13-26-20(25-4)29-10-8-28(9-11-29)18-7-5-6-17(12-18)21(22,23)24;/h5-7,12,14H,8-11,13H2,1-4H3,(H,25,26);1H. The Morgan fingerprint density at radius 1 is 1.23 bits per heavy atom. The second-order valence-corrected chi connectivity index (χ2v) is 7.59. The van der Waals surface area contributed by atoms with Crippen LogP contribution in [0.3, 0.4) is 0 Å². The first-order valence-electron chi connectivity index (χ1n) is 10.0. The first kappa shape index (κ1) is 25.3. The molecule has 3 rings (SSSR count). The third-order valence-corrected chi connectivity index (χ3v) is 5.48. The SMILES string of the molecule is CN=C(NCC(C)c1c(C)noc1C)N1CCN(c2cccc(C(F)(F)F)c2)CC1.I. The molecule has 0 radical (unpaired) electrons. The van der Waals surface area contributed by atoms with Crippen LogP contribution in [0.1, 0.15) is 35.4 Å². The lowest BCUT2D eigenvalue weighted by atomic mass is 10.00. The molecule has 2 aromatic rings. The summed E-state index contributed by atoms with van der Waals surface area (Å²) < 4.78 is 44.2. The maximum absolute atomic E-state index is 13.0. The molecule has 1 fully saturated rings. The van der Waals surface area contributed by atoms with Crippen molar-refractivity contribution in [3.8, 4) is 0 Å². The molecule has 0 amide bonds. The summed E-state index contributed by atoms with van der Waals surface area (Å²) in [7, 11) is 1.74. The van der Waals surface area contributed by atoms with Gasteiger partial charge in [0.1, 0.15) is 5.76 Å². The molecule has 1 aliphatic heterocycles. The van der Waals surface area contributed by atoms with Gasteiger partial charge >= 0.3 is 6.18 Å². The van der Waals surface area contributed by atoms with Gasteiger partial charge in [-0.05, 0) is 32.0 Å². The van der Waals surface area contributed by atoms with Crippen molar-refractivity contribution in [1.82, 2.24) is 15.4 Å². The van der Waals surface area contributed by atoms with Crippen molar-refractivity contribution < 1.29 is 17.7 Å². The fourth-order valence-corrected chi connectivity index (χ4v) is 3.93. The van der Waals surface area contributed by atoms with Gasteiger partial charge in [0, 0.05) is 56.9 Å². The van der Waals surface area contributed by atoms with Crippen LogP contribution in [-0.2, 0) is 6.18 Å². The van der Waals surface area contributed by atoms with E-state index >= 15 is 0 Å². The highest BCUT2D eigenvalue weighted by molar-refractivity contribution is 14.0. The number of nitrogens with one attached hydrogen (secondary N) is 1. The summed E-state index contributed by atoms with van der Waals surface area (Å²) in [5.74, 6) is 1.82. The molecule has 10 heteroatoms. The number of anilines is 1. The molecule has 1 aromatic carbocycles. The van der Waals surface area contributed by atoms with Gasteiger partial charge in [-0.1, -0.05) is 18.1 Å². The molecule has 0 saturated carbocycles. The Kier molecular flexibility index (Phi) is 8.61. The molecule has 172 valence electrons. The van der Waals surface area contributed by atoms with Crippen molar-refractivity contribution in [2.45, 2.75) is 32.9 Å². The Balaban J connectivity index is 0.00000341. The molecule has 0 aliphatic carbocycles. The zero-order valence-electron chi connectivity index (χ0n) is 18.2. The number of aliphatic imine (C=N–C) groups is 1.